The highest BCUT2D eigenvalue weighted by atomic mass is 32.1. The van der Waals surface area contributed by atoms with Crippen LogP contribution in [0, 0.1) is 12.8 Å². The second-order valence-electron chi connectivity index (χ2n) is 5.98. The molecule has 2 aromatic rings. The Bertz CT molecular complexity index is 575. The number of thiophene rings is 1. The summed E-state index contributed by atoms with van der Waals surface area (Å²) >= 11 is 1.92. The molecule has 0 saturated carbocycles. The second kappa shape index (κ2) is 6.77. The predicted molar refractivity (Wildman–Crippen MR) is 87.6 cm³/mol. The second-order valence-corrected chi connectivity index (χ2v) is 7.35. The maximum Gasteiger partial charge on any atom is 0.0466 e. The highest BCUT2D eigenvalue weighted by Crippen LogP contribution is 2.23. The van der Waals surface area contributed by atoms with Gasteiger partial charge in [0.25, 0.3) is 0 Å². The summed E-state index contributed by atoms with van der Waals surface area (Å²) in [6, 6.07) is 8.92. The summed E-state index contributed by atoms with van der Waals surface area (Å²) in [4.78, 5) is 5.46. The van der Waals surface area contributed by atoms with Gasteiger partial charge in [-0.25, -0.2) is 0 Å². The minimum atomic E-state index is 0.666. The van der Waals surface area contributed by atoms with Gasteiger partial charge in [-0.15, -0.1) is 11.3 Å². The lowest BCUT2D eigenvalue weighted by molar-refractivity contribution is 0.152. The van der Waals surface area contributed by atoms with Gasteiger partial charge in [0.15, 0.2) is 0 Å². The number of aryl methyl sites for hydroxylation is 1. The highest BCUT2D eigenvalue weighted by Gasteiger charge is 2.21. The summed E-state index contributed by atoms with van der Waals surface area (Å²) in [7, 11) is 1.80. The molecule has 3 heterocycles. The summed E-state index contributed by atoms with van der Waals surface area (Å²) < 4.78 is 7.70. The number of aromatic nitrogens is 1. The van der Waals surface area contributed by atoms with Gasteiger partial charge < -0.3 is 9.30 Å². The van der Waals surface area contributed by atoms with Gasteiger partial charge in [0, 0.05) is 61.5 Å². The third-order valence-corrected chi connectivity index (χ3v) is 5.17. The lowest BCUT2D eigenvalue weighted by Gasteiger charge is -2.23. The molecule has 21 heavy (non-hydrogen) atoms. The molecule has 1 aliphatic heterocycles. The van der Waals surface area contributed by atoms with Crippen molar-refractivity contribution in [2.75, 3.05) is 20.3 Å². The van der Waals surface area contributed by atoms with Crippen LogP contribution in [0.4, 0.5) is 0 Å². The first-order valence-electron chi connectivity index (χ1n) is 7.65. The van der Waals surface area contributed by atoms with E-state index < -0.39 is 0 Å². The summed E-state index contributed by atoms with van der Waals surface area (Å²) in [5, 5.41) is 0. The van der Waals surface area contributed by atoms with Crippen LogP contribution >= 0.6 is 11.3 Å². The Morgan fingerprint density at radius 2 is 2.19 bits per heavy atom. The molecule has 1 unspecified atom stereocenters. The zero-order valence-electron chi connectivity index (χ0n) is 12.9. The van der Waals surface area contributed by atoms with E-state index in [-0.39, 0.29) is 0 Å². The summed E-state index contributed by atoms with van der Waals surface area (Å²) in [6.45, 7) is 7.42. The van der Waals surface area contributed by atoms with E-state index in [1.165, 1.54) is 15.4 Å². The van der Waals surface area contributed by atoms with Crippen LogP contribution in [-0.2, 0) is 24.4 Å². The smallest absolute Gasteiger partial charge is 0.0466 e. The summed E-state index contributed by atoms with van der Waals surface area (Å²) in [6.07, 6.45) is 3.35. The van der Waals surface area contributed by atoms with Crippen molar-refractivity contribution >= 4 is 11.3 Å². The van der Waals surface area contributed by atoms with E-state index in [1.807, 2.05) is 11.3 Å². The minimum Gasteiger partial charge on any atom is -0.385 e. The predicted octanol–water partition coefficient (Wildman–Crippen LogP) is 3.53. The van der Waals surface area contributed by atoms with Crippen molar-refractivity contribution in [1.82, 2.24) is 9.47 Å². The fourth-order valence-corrected chi connectivity index (χ4v) is 4.08. The maximum absolute atomic E-state index is 5.29. The van der Waals surface area contributed by atoms with E-state index in [4.69, 9.17) is 4.74 Å². The van der Waals surface area contributed by atoms with Crippen molar-refractivity contribution in [3.8, 4) is 0 Å². The van der Waals surface area contributed by atoms with E-state index in [1.54, 1.807) is 7.11 Å². The molecule has 3 rings (SSSR count). The fraction of sp³-hybridized carbons (Fsp3) is 0.529. The van der Waals surface area contributed by atoms with Gasteiger partial charge in [0.05, 0.1) is 0 Å². The van der Waals surface area contributed by atoms with Gasteiger partial charge >= 0.3 is 0 Å². The van der Waals surface area contributed by atoms with Gasteiger partial charge in [-0.3, -0.25) is 4.90 Å². The van der Waals surface area contributed by atoms with E-state index in [2.05, 4.69) is 46.9 Å². The van der Waals surface area contributed by atoms with Crippen molar-refractivity contribution in [2.45, 2.75) is 33.0 Å². The summed E-state index contributed by atoms with van der Waals surface area (Å²) in [5.74, 6) is 0.666. The zero-order valence-corrected chi connectivity index (χ0v) is 13.7. The zero-order chi connectivity index (χ0) is 14.7. The molecule has 2 aromatic heterocycles. The highest BCUT2D eigenvalue weighted by molar-refractivity contribution is 7.11. The van der Waals surface area contributed by atoms with Crippen molar-refractivity contribution in [3.63, 3.8) is 0 Å². The van der Waals surface area contributed by atoms with E-state index in [0.717, 1.165) is 39.2 Å². The van der Waals surface area contributed by atoms with Gasteiger partial charge in [-0.2, -0.15) is 0 Å². The average molecular weight is 304 g/mol. The topological polar surface area (TPSA) is 17.4 Å². The van der Waals surface area contributed by atoms with Gasteiger partial charge in [-0.1, -0.05) is 0 Å². The van der Waals surface area contributed by atoms with E-state index >= 15 is 0 Å². The molecule has 0 aromatic carbocycles. The van der Waals surface area contributed by atoms with Crippen LogP contribution < -0.4 is 0 Å². The summed E-state index contributed by atoms with van der Waals surface area (Å²) in [5.41, 5.74) is 1.43. The molecule has 1 atom stereocenters. The maximum atomic E-state index is 5.29. The Balaban J connectivity index is 1.73. The molecule has 1 aliphatic rings. The number of ether oxygens (including phenoxy) is 1. The molecule has 0 bridgehead atoms. The van der Waals surface area contributed by atoms with Crippen LogP contribution in [0.5, 0.6) is 0 Å². The monoisotopic (exact) mass is 304 g/mol. The molecule has 0 aliphatic carbocycles. The fourth-order valence-electron chi connectivity index (χ4n) is 3.14. The Morgan fingerprint density at radius 1 is 1.29 bits per heavy atom. The van der Waals surface area contributed by atoms with Crippen LogP contribution in [0.3, 0.4) is 0 Å². The average Bonchev–Trinajstić information content (AvgIpc) is 3.02. The van der Waals surface area contributed by atoms with Crippen molar-refractivity contribution < 1.29 is 4.74 Å². The molecule has 114 valence electrons. The molecular weight excluding hydrogens is 280 g/mol. The lowest BCUT2D eigenvalue weighted by atomic mass is 10.1. The Morgan fingerprint density at radius 3 is 2.95 bits per heavy atom. The van der Waals surface area contributed by atoms with Gasteiger partial charge in [-0.05, 0) is 43.5 Å². The first-order valence-corrected chi connectivity index (χ1v) is 8.47. The molecule has 0 spiro atoms. The number of rotatable bonds is 5. The Labute approximate surface area is 131 Å². The minimum absolute atomic E-state index is 0.666. The number of nitrogens with zero attached hydrogens (tertiary/aromatic N) is 2. The molecule has 0 fully saturated rings. The van der Waals surface area contributed by atoms with E-state index in [9.17, 15) is 0 Å². The van der Waals surface area contributed by atoms with Crippen LogP contribution in [0.25, 0.3) is 0 Å². The van der Waals surface area contributed by atoms with Crippen LogP contribution in [0.15, 0.2) is 30.5 Å². The van der Waals surface area contributed by atoms with Crippen LogP contribution in [0.2, 0.25) is 0 Å². The van der Waals surface area contributed by atoms with Crippen LogP contribution in [-0.4, -0.2) is 29.7 Å². The molecule has 0 amide bonds. The van der Waals surface area contributed by atoms with Crippen molar-refractivity contribution in [1.29, 1.82) is 0 Å². The number of hydrogen-bond acceptors (Lipinski definition) is 3. The first kappa shape index (κ1) is 14.8. The van der Waals surface area contributed by atoms with Crippen molar-refractivity contribution in [3.05, 3.63) is 45.9 Å². The van der Waals surface area contributed by atoms with E-state index in [0.29, 0.717) is 5.92 Å². The molecule has 0 N–H and O–H groups in total. The first-order chi connectivity index (χ1) is 10.2. The third-order valence-electron chi connectivity index (χ3n) is 4.19. The van der Waals surface area contributed by atoms with Crippen molar-refractivity contribution in [2.24, 2.45) is 5.92 Å². The number of hydrogen-bond donors (Lipinski definition) is 0. The van der Waals surface area contributed by atoms with Crippen LogP contribution in [0.1, 0.15) is 21.9 Å². The Hall–Kier alpha value is -1.10. The third kappa shape index (κ3) is 3.76. The standard InChI is InChI=1S/C17H24N2OS/c1-14-5-6-17(21-14)13-18-10-15(7-9-20-2)11-19-8-3-4-16(19)12-18/h3-6,8,15H,7,9-13H2,1-2H3. The number of fused-ring (bicyclic) bond motifs is 1. The molecule has 3 nitrogen and oxygen atoms in total. The lowest BCUT2D eigenvalue weighted by Crippen LogP contribution is -2.27. The van der Waals surface area contributed by atoms with Gasteiger partial charge in [0.1, 0.15) is 0 Å². The quantitative estimate of drug-likeness (QED) is 0.841. The Kier molecular flexibility index (Phi) is 4.78. The normalized spacial score (nSPS) is 19.4. The molecule has 0 saturated heterocycles. The SMILES string of the molecule is COCCC1CN(Cc2ccc(C)s2)Cc2cccn2C1. The largest absolute Gasteiger partial charge is 0.385 e. The molecule has 4 heteroatoms. The molecular formula is C17H24N2OS. The molecule has 0 radical (unpaired) electrons. The number of methoxy groups -OCH3 is 1. The van der Waals surface area contributed by atoms with Gasteiger partial charge in [0.2, 0.25) is 0 Å².